The Balaban J connectivity index is 1.85. The highest BCUT2D eigenvalue weighted by atomic mass is 16.5. The van der Waals surface area contributed by atoms with Gasteiger partial charge in [0.1, 0.15) is 6.10 Å². The van der Waals surface area contributed by atoms with Gasteiger partial charge in [-0.15, -0.1) is 5.10 Å². The zero-order chi connectivity index (χ0) is 13.5. The maximum atomic E-state index is 11.9. The average Bonchev–Trinajstić information content (AvgIpc) is 2.46. The van der Waals surface area contributed by atoms with Gasteiger partial charge in [-0.05, 0) is 25.3 Å². The second kappa shape index (κ2) is 6.92. The molecule has 0 aliphatic carbocycles. The molecule has 1 saturated heterocycles. The first-order valence-electron chi connectivity index (χ1n) is 6.76. The molecule has 1 fully saturated rings. The molecule has 0 aromatic carbocycles. The number of hydrogen-bond donors (Lipinski definition) is 1. The highest BCUT2D eigenvalue weighted by Crippen LogP contribution is 2.15. The van der Waals surface area contributed by atoms with Crippen LogP contribution in [0.15, 0.2) is 18.3 Å². The van der Waals surface area contributed by atoms with Crippen LogP contribution in [0.25, 0.3) is 0 Å². The van der Waals surface area contributed by atoms with Crippen molar-refractivity contribution in [1.29, 1.82) is 0 Å². The number of carbonyl (C=O) groups is 1. The van der Waals surface area contributed by atoms with Crippen molar-refractivity contribution in [3.05, 3.63) is 18.3 Å². The smallest absolute Gasteiger partial charge is 0.317 e. The summed E-state index contributed by atoms with van der Waals surface area (Å²) in [4.78, 5) is 13.7. The lowest BCUT2D eigenvalue weighted by molar-refractivity contribution is 0.0971. The predicted octanol–water partition coefficient (Wildman–Crippen LogP) is 1.44. The SMILES string of the molecule is CCCNC(=O)N1CCCC(Oc2cccnn2)C1. The van der Waals surface area contributed by atoms with Gasteiger partial charge in [-0.2, -0.15) is 5.10 Å². The number of amides is 2. The minimum atomic E-state index is -0.00528. The topological polar surface area (TPSA) is 67.4 Å². The molecule has 104 valence electrons. The van der Waals surface area contributed by atoms with Crippen molar-refractivity contribution in [3.8, 4) is 5.88 Å². The second-order valence-corrected chi connectivity index (χ2v) is 4.62. The van der Waals surface area contributed by atoms with Gasteiger partial charge in [-0.3, -0.25) is 0 Å². The molecule has 1 atom stereocenters. The molecule has 1 aliphatic rings. The van der Waals surface area contributed by atoms with Crippen LogP contribution in [0.2, 0.25) is 0 Å². The predicted molar refractivity (Wildman–Crippen MR) is 70.9 cm³/mol. The van der Waals surface area contributed by atoms with E-state index in [-0.39, 0.29) is 12.1 Å². The first-order chi connectivity index (χ1) is 9.29. The number of rotatable bonds is 4. The molecule has 1 N–H and O–H groups in total. The number of carbonyl (C=O) groups excluding carboxylic acids is 1. The normalized spacial score (nSPS) is 19.0. The maximum Gasteiger partial charge on any atom is 0.317 e. The summed E-state index contributed by atoms with van der Waals surface area (Å²) in [5, 5.41) is 10.6. The number of likely N-dealkylation sites (tertiary alicyclic amines) is 1. The van der Waals surface area contributed by atoms with Crippen molar-refractivity contribution in [2.45, 2.75) is 32.3 Å². The molecule has 0 saturated carbocycles. The van der Waals surface area contributed by atoms with Crippen LogP contribution >= 0.6 is 0 Å². The van der Waals surface area contributed by atoms with Crippen molar-refractivity contribution < 1.29 is 9.53 Å². The molecule has 19 heavy (non-hydrogen) atoms. The van der Waals surface area contributed by atoms with Crippen LogP contribution in [0.3, 0.4) is 0 Å². The first-order valence-corrected chi connectivity index (χ1v) is 6.76. The minimum absolute atomic E-state index is 0.00201. The number of ether oxygens (including phenoxy) is 1. The van der Waals surface area contributed by atoms with Gasteiger partial charge >= 0.3 is 6.03 Å². The lowest BCUT2D eigenvalue weighted by Crippen LogP contribution is -2.48. The Labute approximate surface area is 113 Å². The molecule has 0 bridgehead atoms. The van der Waals surface area contributed by atoms with E-state index in [4.69, 9.17) is 4.74 Å². The summed E-state index contributed by atoms with van der Waals surface area (Å²) in [6.07, 6.45) is 4.44. The third-order valence-corrected chi connectivity index (χ3v) is 3.03. The van der Waals surface area contributed by atoms with E-state index in [1.807, 2.05) is 6.92 Å². The fourth-order valence-electron chi connectivity index (χ4n) is 2.08. The molecule has 1 aromatic rings. The van der Waals surface area contributed by atoms with Crippen LogP contribution in [0.1, 0.15) is 26.2 Å². The Morgan fingerprint density at radius 1 is 1.63 bits per heavy atom. The zero-order valence-corrected chi connectivity index (χ0v) is 11.2. The van der Waals surface area contributed by atoms with Crippen molar-refractivity contribution in [2.24, 2.45) is 0 Å². The highest BCUT2D eigenvalue weighted by Gasteiger charge is 2.24. The minimum Gasteiger partial charge on any atom is -0.471 e. The van der Waals surface area contributed by atoms with E-state index in [0.717, 1.165) is 25.8 Å². The van der Waals surface area contributed by atoms with Crippen LogP contribution < -0.4 is 10.1 Å². The third-order valence-electron chi connectivity index (χ3n) is 3.03. The Kier molecular flexibility index (Phi) is 4.94. The van der Waals surface area contributed by atoms with E-state index >= 15 is 0 Å². The Bertz CT molecular complexity index is 399. The molecule has 1 unspecified atom stereocenters. The highest BCUT2D eigenvalue weighted by molar-refractivity contribution is 5.74. The molecule has 2 amide bonds. The van der Waals surface area contributed by atoms with E-state index in [1.54, 1.807) is 23.2 Å². The van der Waals surface area contributed by atoms with E-state index < -0.39 is 0 Å². The van der Waals surface area contributed by atoms with Gasteiger partial charge in [0.2, 0.25) is 5.88 Å². The summed E-state index contributed by atoms with van der Waals surface area (Å²) in [6, 6.07) is 3.56. The molecular weight excluding hydrogens is 244 g/mol. The molecule has 6 heteroatoms. The molecule has 0 radical (unpaired) electrons. The second-order valence-electron chi connectivity index (χ2n) is 4.62. The number of urea groups is 1. The van der Waals surface area contributed by atoms with Gasteiger partial charge in [-0.25, -0.2) is 4.79 Å². The summed E-state index contributed by atoms with van der Waals surface area (Å²) < 4.78 is 5.74. The zero-order valence-electron chi connectivity index (χ0n) is 11.2. The third kappa shape index (κ3) is 4.08. The lowest BCUT2D eigenvalue weighted by atomic mass is 10.1. The number of nitrogens with zero attached hydrogens (tertiary/aromatic N) is 3. The monoisotopic (exact) mass is 264 g/mol. The largest absolute Gasteiger partial charge is 0.471 e. The Morgan fingerprint density at radius 2 is 2.53 bits per heavy atom. The fourth-order valence-corrected chi connectivity index (χ4v) is 2.08. The Hall–Kier alpha value is -1.85. The van der Waals surface area contributed by atoms with Crippen molar-refractivity contribution in [3.63, 3.8) is 0 Å². The standard InChI is InChI=1S/C13H20N4O2/c1-2-7-14-13(18)17-9-4-5-11(10-17)19-12-6-3-8-15-16-12/h3,6,8,11H,2,4-5,7,9-10H2,1H3,(H,14,18). The van der Waals surface area contributed by atoms with E-state index in [2.05, 4.69) is 15.5 Å². The van der Waals surface area contributed by atoms with Gasteiger partial charge in [0.05, 0.1) is 6.54 Å². The van der Waals surface area contributed by atoms with E-state index in [1.165, 1.54) is 0 Å². The van der Waals surface area contributed by atoms with Gasteiger partial charge in [0.25, 0.3) is 0 Å². The number of hydrogen-bond acceptors (Lipinski definition) is 4. The maximum absolute atomic E-state index is 11.9. The van der Waals surface area contributed by atoms with Crippen LogP contribution in [0.5, 0.6) is 5.88 Å². The van der Waals surface area contributed by atoms with Crippen molar-refractivity contribution >= 4 is 6.03 Å². The fraction of sp³-hybridized carbons (Fsp3) is 0.615. The van der Waals surface area contributed by atoms with E-state index in [9.17, 15) is 4.79 Å². The lowest BCUT2D eigenvalue weighted by Gasteiger charge is -2.32. The van der Waals surface area contributed by atoms with Crippen LogP contribution in [0.4, 0.5) is 4.79 Å². The molecule has 2 heterocycles. The van der Waals surface area contributed by atoms with Crippen LogP contribution in [0, 0.1) is 0 Å². The molecule has 6 nitrogen and oxygen atoms in total. The van der Waals surface area contributed by atoms with Gasteiger partial charge in [-0.1, -0.05) is 6.92 Å². The van der Waals surface area contributed by atoms with Crippen molar-refractivity contribution in [1.82, 2.24) is 20.4 Å². The first kappa shape index (κ1) is 13.6. The molecular formula is C13H20N4O2. The number of piperidine rings is 1. The summed E-state index contributed by atoms with van der Waals surface area (Å²) >= 11 is 0. The van der Waals surface area contributed by atoms with Crippen LogP contribution in [-0.2, 0) is 0 Å². The Morgan fingerprint density at radius 3 is 3.26 bits per heavy atom. The molecule has 0 spiro atoms. The van der Waals surface area contributed by atoms with Crippen molar-refractivity contribution in [2.75, 3.05) is 19.6 Å². The summed E-state index contributed by atoms with van der Waals surface area (Å²) in [6.45, 7) is 4.14. The summed E-state index contributed by atoms with van der Waals surface area (Å²) in [5.41, 5.74) is 0. The molecule has 1 aliphatic heterocycles. The number of nitrogens with one attached hydrogen (secondary N) is 1. The van der Waals surface area contributed by atoms with Gasteiger partial charge in [0, 0.05) is 25.4 Å². The molecule has 2 rings (SSSR count). The van der Waals surface area contributed by atoms with E-state index in [0.29, 0.717) is 19.0 Å². The van der Waals surface area contributed by atoms with Gasteiger partial charge in [0.15, 0.2) is 0 Å². The van der Waals surface area contributed by atoms with Gasteiger partial charge < -0.3 is 15.0 Å². The molecule has 1 aromatic heterocycles. The van der Waals surface area contributed by atoms with Crippen LogP contribution in [-0.4, -0.2) is 46.9 Å². The average molecular weight is 264 g/mol. The quantitative estimate of drug-likeness (QED) is 0.893. The number of aromatic nitrogens is 2. The summed E-state index contributed by atoms with van der Waals surface area (Å²) in [7, 11) is 0. The summed E-state index contributed by atoms with van der Waals surface area (Å²) in [5.74, 6) is 0.517.